The SMILES string of the molecule is CN(Cc1nccn1C)C(=O)C(C)(C)S(=O)(=O)C1CC1. The first-order chi connectivity index (χ1) is 9.18. The number of amides is 1. The molecule has 2 rings (SSSR count). The molecule has 1 aliphatic rings. The molecule has 1 amide bonds. The minimum Gasteiger partial charge on any atom is -0.337 e. The van der Waals surface area contributed by atoms with Gasteiger partial charge in [0.05, 0.1) is 11.8 Å². The van der Waals surface area contributed by atoms with Crippen LogP contribution in [0.1, 0.15) is 32.5 Å². The zero-order chi connectivity index (χ0) is 15.1. The van der Waals surface area contributed by atoms with Crippen molar-refractivity contribution in [2.24, 2.45) is 7.05 Å². The molecule has 1 fully saturated rings. The quantitative estimate of drug-likeness (QED) is 0.803. The fourth-order valence-corrected chi connectivity index (χ4v) is 4.20. The molecule has 0 atom stereocenters. The van der Waals surface area contributed by atoms with Gasteiger partial charge in [0.15, 0.2) is 9.84 Å². The van der Waals surface area contributed by atoms with E-state index in [0.717, 1.165) is 5.82 Å². The molecule has 7 heteroatoms. The van der Waals surface area contributed by atoms with E-state index in [1.54, 1.807) is 19.4 Å². The van der Waals surface area contributed by atoms with Crippen molar-refractivity contribution in [3.8, 4) is 0 Å². The number of nitrogens with zero attached hydrogens (tertiary/aromatic N) is 3. The number of aromatic nitrogens is 2. The molecule has 0 aromatic carbocycles. The molecule has 6 nitrogen and oxygen atoms in total. The summed E-state index contributed by atoms with van der Waals surface area (Å²) in [5.41, 5.74) is 0. The van der Waals surface area contributed by atoms with Crippen LogP contribution in [0.5, 0.6) is 0 Å². The van der Waals surface area contributed by atoms with E-state index in [0.29, 0.717) is 19.4 Å². The van der Waals surface area contributed by atoms with Crippen molar-refractivity contribution in [2.45, 2.75) is 43.2 Å². The lowest BCUT2D eigenvalue weighted by atomic mass is 10.2. The monoisotopic (exact) mass is 299 g/mol. The maximum Gasteiger partial charge on any atom is 0.243 e. The van der Waals surface area contributed by atoms with Gasteiger partial charge in [-0.2, -0.15) is 0 Å². The Morgan fingerprint density at radius 2 is 2.10 bits per heavy atom. The fraction of sp³-hybridized carbons (Fsp3) is 0.692. The number of aryl methyl sites for hydroxylation is 1. The lowest BCUT2D eigenvalue weighted by Gasteiger charge is -2.29. The van der Waals surface area contributed by atoms with Gasteiger partial charge in [0.25, 0.3) is 0 Å². The maximum atomic E-state index is 12.5. The maximum absolute atomic E-state index is 12.5. The Balaban J connectivity index is 2.15. The van der Waals surface area contributed by atoms with Crippen LogP contribution in [0, 0.1) is 0 Å². The summed E-state index contributed by atoms with van der Waals surface area (Å²) in [6.45, 7) is 3.29. The average Bonchev–Trinajstić information content (AvgIpc) is 3.15. The normalized spacial score (nSPS) is 16.2. The molecule has 0 bridgehead atoms. The van der Waals surface area contributed by atoms with Gasteiger partial charge in [0, 0.05) is 26.5 Å². The summed E-state index contributed by atoms with van der Waals surface area (Å²) < 4.78 is 25.2. The number of hydrogen-bond acceptors (Lipinski definition) is 4. The summed E-state index contributed by atoms with van der Waals surface area (Å²) in [4.78, 5) is 18.1. The van der Waals surface area contributed by atoms with Gasteiger partial charge in [-0.05, 0) is 26.7 Å². The molecule has 0 spiro atoms. The molecule has 0 aliphatic heterocycles. The van der Waals surface area contributed by atoms with Crippen LogP contribution in [-0.2, 0) is 28.2 Å². The predicted molar refractivity (Wildman–Crippen MR) is 75.7 cm³/mol. The van der Waals surface area contributed by atoms with Crippen molar-refractivity contribution in [2.75, 3.05) is 7.05 Å². The molecular weight excluding hydrogens is 278 g/mol. The molecule has 0 unspecified atom stereocenters. The van der Waals surface area contributed by atoms with E-state index in [-0.39, 0.29) is 11.2 Å². The van der Waals surface area contributed by atoms with Crippen LogP contribution < -0.4 is 0 Å². The summed E-state index contributed by atoms with van der Waals surface area (Å²) >= 11 is 0. The van der Waals surface area contributed by atoms with Gasteiger partial charge < -0.3 is 9.47 Å². The second-order valence-corrected chi connectivity index (χ2v) is 8.65. The Hall–Kier alpha value is -1.37. The molecule has 0 N–H and O–H groups in total. The number of sulfone groups is 1. The number of carbonyl (C=O) groups excluding carboxylic acids is 1. The third-order valence-electron chi connectivity index (χ3n) is 3.84. The second-order valence-electron chi connectivity index (χ2n) is 5.87. The highest BCUT2D eigenvalue weighted by atomic mass is 32.2. The zero-order valence-electron chi connectivity index (χ0n) is 12.3. The van der Waals surface area contributed by atoms with Crippen molar-refractivity contribution in [1.82, 2.24) is 14.5 Å². The highest BCUT2D eigenvalue weighted by molar-refractivity contribution is 7.94. The molecule has 1 heterocycles. The van der Waals surface area contributed by atoms with Crippen molar-refractivity contribution >= 4 is 15.7 Å². The highest BCUT2D eigenvalue weighted by Crippen LogP contribution is 2.36. The van der Waals surface area contributed by atoms with E-state index in [1.807, 2.05) is 11.6 Å². The molecular formula is C13H21N3O3S. The van der Waals surface area contributed by atoms with Crippen LogP contribution in [0.25, 0.3) is 0 Å². The van der Waals surface area contributed by atoms with Crippen LogP contribution in [0.2, 0.25) is 0 Å². The predicted octanol–water partition coefficient (Wildman–Crippen LogP) is 0.734. The van der Waals surface area contributed by atoms with Gasteiger partial charge in [-0.25, -0.2) is 13.4 Å². The van der Waals surface area contributed by atoms with Crippen molar-refractivity contribution < 1.29 is 13.2 Å². The molecule has 1 aromatic rings. The average molecular weight is 299 g/mol. The minimum absolute atomic E-state index is 0.298. The highest BCUT2D eigenvalue weighted by Gasteiger charge is 2.51. The van der Waals surface area contributed by atoms with Crippen molar-refractivity contribution in [3.63, 3.8) is 0 Å². The van der Waals surface area contributed by atoms with E-state index in [4.69, 9.17) is 0 Å². The van der Waals surface area contributed by atoms with Crippen LogP contribution in [0.15, 0.2) is 12.4 Å². The van der Waals surface area contributed by atoms with Crippen LogP contribution in [0.3, 0.4) is 0 Å². The smallest absolute Gasteiger partial charge is 0.243 e. The van der Waals surface area contributed by atoms with Crippen LogP contribution in [-0.4, -0.2) is 45.8 Å². The van der Waals surface area contributed by atoms with Gasteiger partial charge in [-0.15, -0.1) is 0 Å². The van der Waals surface area contributed by atoms with Gasteiger partial charge in [-0.1, -0.05) is 0 Å². The molecule has 1 saturated carbocycles. The number of carbonyl (C=O) groups is 1. The van der Waals surface area contributed by atoms with Gasteiger partial charge in [0.1, 0.15) is 10.6 Å². The third-order valence-corrected chi connectivity index (χ3v) is 6.78. The number of imidazole rings is 1. The van der Waals surface area contributed by atoms with Crippen LogP contribution >= 0.6 is 0 Å². The Bertz CT molecular complexity index is 615. The second kappa shape index (κ2) is 4.87. The summed E-state index contributed by atoms with van der Waals surface area (Å²) in [5, 5.41) is -0.344. The van der Waals surface area contributed by atoms with E-state index in [1.165, 1.54) is 18.7 Å². The van der Waals surface area contributed by atoms with Crippen molar-refractivity contribution in [3.05, 3.63) is 18.2 Å². The van der Waals surface area contributed by atoms with E-state index >= 15 is 0 Å². The largest absolute Gasteiger partial charge is 0.337 e. The first-order valence-electron chi connectivity index (χ1n) is 6.63. The summed E-state index contributed by atoms with van der Waals surface area (Å²) in [6, 6.07) is 0. The lowest BCUT2D eigenvalue weighted by Crippen LogP contribution is -2.49. The lowest BCUT2D eigenvalue weighted by molar-refractivity contribution is -0.132. The fourth-order valence-electron chi connectivity index (χ4n) is 2.21. The van der Waals surface area contributed by atoms with E-state index in [9.17, 15) is 13.2 Å². The molecule has 1 aromatic heterocycles. The number of hydrogen-bond donors (Lipinski definition) is 0. The molecule has 20 heavy (non-hydrogen) atoms. The molecule has 1 aliphatic carbocycles. The first kappa shape index (κ1) is 15.0. The minimum atomic E-state index is -3.42. The van der Waals surface area contributed by atoms with E-state index < -0.39 is 14.6 Å². The first-order valence-corrected chi connectivity index (χ1v) is 8.17. The van der Waals surface area contributed by atoms with Crippen molar-refractivity contribution in [1.29, 1.82) is 0 Å². The molecule has 0 saturated heterocycles. The molecule has 0 radical (unpaired) electrons. The van der Waals surface area contributed by atoms with Gasteiger partial charge in [0.2, 0.25) is 5.91 Å². The Kier molecular flexibility index (Phi) is 3.66. The van der Waals surface area contributed by atoms with E-state index in [2.05, 4.69) is 4.98 Å². The third kappa shape index (κ3) is 2.46. The summed E-state index contributed by atoms with van der Waals surface area (Å²) in [7, 11) is 0.0353. The number of rotatable bonds is 5. The summed E-state index contributed by atoms with van der Waals surface area (Å²) in [5.74, 6) is 0.341. The Morgan fingerprint density at radius 3 is 2.55 bits per heavy atom. The summed E-state index contributed by atoms with van der Waals surface area (Å²) in [6.07, 6.45) is 4.78. The Labute approximate surface area is 119 Å². The topological polar surface area (TPSA) is 72.3 Å². The Morgan fingerprint density at radius 1 is 1.50 bits per heavy atom. The van der Waals surface area contributed by atoms with Gasteiger partial charge in [-0.3, -0.25) is 4.79 Å². The standard InChI is InChI=1S/C13H21N3O3S/c1-13(2,20(18,19)10-5-6-10)12(17)16(4)9-11-14-7-8-15(11)3/h7-8,10H,5-6,9H2,1-4H3. The molecule has 112 valence electrons. The zero-order valence-corrected chi connectivity index (χ0v) is 13.1. The van der Waals surface area contributed by atoms with Crippen LogP contribution in [0.4, 0.5) is 0 Å². The van der Waals surface area contributed by atoms with Gasteiger partial charge >= 0.3 is 0 Å².